The molecule has 0 aromatic heterocycles. The molecule has 104 valence electrons. The predicted octanol–water partition coefficient (Wildman–Crippen LogP) is 1.40. The van der Waals surface area contributed by atoms with Gasteiger partial charge in [0.15, 0.2) is 0 Å². The van der Waals surface area contributed by atoms with Crippen LogP contribution in [0.5, 0.6) is 0 Å². The smallest absolute Gasteiger partial charge is 0.377 e. The molecule has 0 fully saturated rings. The molecule has 0 aliphatic rings. The van der Waals surface area contributed by atoms with E-state index in [0.717, 1.165) is 0 Å². The number of hydrogen-bond donors (Lipinski definition) is 1. The monoisotopic (exact) mass is 265 g/mol. The summed E-state index contributed by atoms with van der Waals surface area (Å²) in [5, 5.41) is 0. The summed E-state index contributed by atoms with van der Waals surface area (Å²) in [6, 6.07) is 0.673. The predicted molar refractivity (Wildman–Crippen MR) is 69.9 cm³/mol. The summed E-state index contributed by atoms with van der Waals surface area (Å²) in [5.74, 6) is 0. The fraction of sp³-hybridized carbons (Fsp3) is 1.00. The van der Waals surface area contributed by atoms with Gasteiger partial charge in [0.25, 0.3) is 0 Å². The fourth-order valence-electron chi connectivity index (χ4n) is 1.45. The zero-order chi connectivity index (χ0) is 13.1. The van der Waals surface area contributed by atoms with Gasteiger partial charge in [-0.05, 0) is 27.7 Å². The molecule has 1 unspecified atom stereocenters. The highest BCUT2D eigenvalue weighted by Gasteiger charge is 2.40. The maximum Gasteiger partial charge on any atom is 0.503 e. The van der Waals surface area contributed by atoms with Crippen molar-refractivity contribution in [3.63, 3.8) is 0 Å². The zero-order valence-corrected chi connectivity index (χ0v) is 12.5. The van der Waals surface area contributed by atoms with Crippen molar-refractivity contribution in [1.82, 2.24) is 0 Å². The normalized spacial score (nSPS) is 13.9. The topological polar surface area (TPSA) is 62.9 Å². The molecule has 5 nitrogen and oxygen atoms in total. The van der Waals surface area contributed by atoms with E-state index in [9.17, 15) is 0 Å². The summed E-state index contributed by atoms with van der Waals surface area (Å²) in [5.41, 5.74) is 5.49. The molecule has 0 aromatic rings. The number of rotatable bonds is 11. The Balaban J connectivity index is 4.23. The van der Waals surface area contributed by atoms with Gasteiger partial charge in [0.2, 0.25) is 0 Å². The van der Waals surface area contributed by atoms with Gasteiger partial charge in [-0.2, -0.15) is 0 Å². The molecule has 0 heterocycles. The number of hydrogen-bond acceptors (Lipinski definition) is 5. The first-order chi connectivity index (χ1) is 8.14. The summed E-state index contributed by atoms with van der Waals surface area (Å²) < 4.78 is 22.7. The van der Waals surface area contributed by atoms with E-state index in [1.807, 2.05) is 27.7 Å². The molecule has 0 aliphatic carbocycles. The molecule has 0 spiro atoms. The Morgan fingerprint density at radius 1 is 1.00 bits per heavy atom. The van der Waals surface area contributed by atoms with Crippen molar-refractivity contribution >= 4 is 8.80 Å². The lowest BCUT2D eigenvalue weighted by atomic mass is 10.4. The quantitative estimate of drug-likeness (QED) is 0.572. The van der Waals surface area contributed by atoms with Crippen LogP contribution in [0.3, 0.4) is 0 Å². The lowest BCUT2D eigenvalue weighted by molar-refractivity contribution is 0.0427. The molecule has 1 atom stereocenters. The van der Waals surface area contributed by atoms with Crippen LogP contribution in [0.1, 0.15) is 27.7 Å². The first-order valence-corrected chi connectivity index (χ1v) is 8.30. The molecule has 0 aromatic carbocycles. The van der Waals surface area contributed by atoms with Gasteiger partial charge in [-0.25, -0.2) is 0 Å². The molecular weight excluding hydrogens is 238 g/mol. The van der Waals surface area contributed by atoms with Crippen molar-refractivity contribution in [2.45, 2.75) is 39.8 Å². The fourth-order valence-corrected chi connectivity index (χ4v) is 3.82. The summed E-state index contributed by atoms with van der Waals surface area (Å²) in [7, 11) is -2.54. The zero-order valence-electron chi connectivity index (χ0n) is 11.5. The van der Waals surface area contributed by atoms with E-state index >= 15 is 0 Å². The summed E-state index contributed by atoms with van der Waals surface area (Å²) in [6.07, 6.45) is 0.0616. The second kappa shape index (κ2) is 9.99. The molecule has 0 aliphatic heterocycles. The lowest BCUT2D eigenvalue weighted by Crippen LogP contribution is -2.47. The Labute approximate surface area is 106 Å². The highest BCUT2D eigenvalue weighted by Crippen LogP contribution is 2.16. The van der Waals surface area contributed by atoms with Gasteiger partial charge in [0.1, 0.15) is 0 Å². The highest BCUT2D eigenvalue weighted by atomic mass is 28.4. The standard InChI is InChI=1S/C11H27NO4Si/c1-5-14-17(15-6-2,16-7-3)9-8-13-11(4)10-12/h11H,5-10,12H2,1-4H3. The van der Waals surface area contributed by atoms with E-state index in [1.54, 1.807) is 0 Å². The van der Waals surface area contributed by atoms with Gasteiger partial charge >= 0.3 is 8.80 Å². The third kappa shape index (κ3) is 7.12. The molecule has 0 amide bonds. The molecule has 0 saturated carbocycles. The van der Waals surface area contributed by atoms with Gasteiger partial charge < -0.3 is 23.7 Å². The molecule has 0 bridgehead atoms. The maximum absolute atomic E-state index is 5.71. The molecule has 2 N–H and O–H groups in total. The Kier molecular flexibility index (Phi) is 10.00. The average molecular weight is 265 g/mol. The van der Waals surface area contributed by atoms with Gasteiger partial charge in [0, 0.05) is 32.4 Å². The Morgan fingerprint density at radius 3 is 1.82 bits per heavy atom. The minimum atomic E-state index is -2.54. The van der Waals surface area contributed by atoms with Gasteiger partial charge in [-0.15, -0.1) is 0 Å². The SMILES string of the molecule is CCO[Si](CCOC(C)CN)(OCC)OCC. The van der Waals surface area contributed by atoms with E-state index in [4.69, 9.17) is 23.7 Å². The van der Waals surface area contributed by atoms with Crippen molar-refractivity contribution in [2.75, 3.05) is 33.0 Å². The molecule has 0 rings (SSSR count). The Bertz CT molecular complexity index is 166. The molecular formula is C11H27NO4Si. The number of nitrogens with two attached hydrogens (primary N) is 1. The van der Waals surface area contributed by atoms with Crippen LogP contribution in [0, 0.1) is 0 Å². The lowest BCUT2D eigenvalue weighted by Gasteiger charge is -2.28. The minimum Gasteiger partial charge on any atom is -0.377 e. The molecule has 17 heavy (non-hydrogen) atoms. The molecule has 0 radical (unpaired) electrons. The van der Waals surface area contributed by atoms with E-state index in [0.29, 0.717) is 39.0 Å². The van der Waals surface area contributed by atoms with Crippen molar-refractivity contribution in [1.29, 1.82) is 0 Å². The van der Waals surface area contributed by atoms with Crippen LogP contribution in [0.15, 0.2) is 0 Å². The van der Waals surface area contributed by atoms with E-state index < -0.39 is 8.80 Å². The summed E-state index contributed by atoms with van der Waals surface area (Å²) in [6.45, 7) is 10.7. The Hall–Kier alpha value is 0.0169. The van der Waals surface area contributed by atoms with Crippen molar-refractivity contribution in [3.8, 4) is 0 Å². The van der Waals surface area contributed by atoms with Crippen molar-refractivity contribution in [3.05, 3.63) is 0 Å². The van der Waals surface area contributed by atoms with Crippen molar-refractivity contribution < 1.29 is 18.0 Å². The Morgan fingerprint density at radius 2 is 1.47 bits per heavy atom. The van der Waals surface area contributed by atoms with Crippen LogP contribution >= 0.6 is 0 Å². The van der Waals surface area contributed by atoms with E-state index in [-0.39, 0.29) is 6.10 Å². The second-order valence-corrected chi connectivity index (χ2v) is 6.38. The van der Waals surface area contributed by atoms with E-state index in [2.05, 4.69) is 0 Å². The number of ether oxygens (including phenoxy) is 1. The van der Waals surface area contributed by atoms with Crippen LogP contribution in [-0.2, 0) is 18.0 Å². The van der Waals surface area contributed by atoms with Crippen LogP contribution in [-0.4, -0.2) is 47.9 Å². The second-order valence-electron chi connectivity index (χ2n) is 3.65. The highest BCUT2D eigenvalue weighted by molar-refractivity contribution is 6.60. The largest absolute Gasteiger partial charge is 0.503 e. The molecule has 6 heteroatoms. The van der Waals surface area contributed by atoms with Crippen LogP contribution in [0.25, 0.3) is 0 Å². The third-order valence-electron chi connectivity index (χ3n) is 2.24. The van der Waals surface area contributed by atoms with Crippen molar-refractivity contribution in [2.24, 2.45) is 5.73 Å². The van der Waals surface area contributed by atoms with Crippen LogP contribution in [0.4, 0.5) is 0 Å². The van der Waals surface area contributed by atoms with Gasteiger partial charge in [0.05, 0.1) is 12.7 Å². The van der Waals surface area contributed by atoms with Gasteiger partial charge in [-0.3, -0.25) is 0 Å². The van der Waals surface area contributed by atoms with Crippen LogP contribution in [0.2, 0.25) is 6.04 Å². The van der Waals surface area contributed by atoms with E-state index in [1.165, 1.54) is 0 Å². The summed E-state index contributed by atoms with van der Waals surface area (Å²) in [4.78, 5) is 0. The maximum atomic E-state index is 5.71. The first kappa shape index (κ1) is 17.0. The first-order valence-electron chi connectivity index (χ1n) is 6.37. The van der Waals surface area contributed by atoms with Gasteiger partial charge in [-0.1, -0.05) is 0 Å². The summed E-state index contributed by atoms with van der Waals surface area (Å²) >= 11 is 0. The average Bonchev–Trinajstić information content (AvgIpc) is 2.30. The van der Waals surface area contributed by atoms with Crippen LogP contribution < -0.4 is 5.73 Å². The third-order valence-corrected chi connectivity index (χ3v) is 5.24. The minimum absolute atomic E-state index is 0.0616. The molecule has 0 saturated heterocycles.